The van der Waals surface area contributed by atoms with E-state index in [0.29, 0.717) is 17.5 Å². The zero-order chi connectivity index (χ0) is 12.3. The van der Waals surface area contributed by atoms with Crippen LogP contribution in [0.25, 0.3) is 0 Å². The van der Waals surface area contributed by atoms with E-state index in [0.717, 1.165) is 4.90 Å². The van der Waals surface area contributed by atoms with Crippen LogP contribution in [-0.4, -0.2) is 10.1 Å². The lowest BCUT2D eigenvalue weighted by molar-refractivity contribution is 0.358. The molecule has 0 saturated carbocycles. The van der Waals surface area contributed by atoms with Gasteiger partial charge in [0.1, 0.15) is 5.82 Å². The number of aromatic nitrogens is 2. The van der Waals surface area contributed by atoms with Gasteiger partial charge >= 0.3 is 0 Å². The van der Waals surface area contributed by atoms with Gasteiger partial charge in [-0.1, -0.05) is 5.16 Å². The Morgan fingerprint density at radius 2 is 2.12 bits per heavy atom. The van der Waals surface area contributed by atoms with Gasteiger partial charge in [-0.15, -0.1) is 11.8 Å². The summed E-state index contributed by atoms with van der Waals surface area (Å²) in [6.45, 7) is 1.78. The van der Waals surface area contributed by atoms with Gasteiger partial charge < -0.3 is 10.3 Å². The maximum absolute atomic E-state index is 12.7. The molecule has 1 aromatic carbocycles. The average Bonchev–Trinajstić information content (AvgIpc) is 2.77. The number of benzene rings is 1. The fraction of sp³-hybridized carbons (Fsp3) is 0.273. The molecule has 17 heavy (non-hydrogen) atoms. The third kappa shape index (κ3) is 3.28. The van der Waals surface area contributed by atoms with E-state index < -0.39 is 0 Å². The van der Waals surface area contributed by atoms with E-state index >= 15 is 0 Å². The molecule has 0 saturated heterocycles. The first kappa shape index (κ1) is 12.1. The van der Waals surface area contributed by atoms with E-state index in [-0.39, 0.29) is 11.9 Å². The van der Waals surface area contributed by atoms with Crippen LogP contribution in [0.3, 0.4) is 0 Å². The predicted molar refractivity (Wildman–Crippen MR) is 62.9 cm³/mol. The van der Waals surface area contributed by atoms with Crippen molar-refractivity contribution in [1.29, 1.82) is 0 Å². The topological polar surface area (TPSA) is 64.9 Å². The quantitative estimate of drug-likeness (QED) is 0.848. The van der Waals surface area contributed by atoms with Crippen LogP contribution in [0.5, 0.6) is 0 Å². The monoisotopic (exact) mass is 253 g/mol. The minimum absolute atomic E-state index is 0.242. The van der Waals surface area contributed by atoms with Crippen molar-refractivity contribution in [3.05, 3.63) is 41.8 Å². The van der Waals surface area contributed by atoms with E-state index in [9.17, 15) is 4.39 Å². The van der Waals surface area contributed by atoms with E-state index in [1.54, 1.807) is 19.1 Å². The van der Waals surface area contributed by atoms with Gasteiger partial charge in [0.05, 0.1) is 11.8 Å². The molecule has 0 bridgehead atoms. The van der Waals surface area contributed by atoms with Gasteiger partial charge in [0, 0.05) is 4.90 Å². The summed E-state index contributed by atoms with van der Waals surface area (Å²) < 4.78 is 17.7. The SMILES string of the molecule is CC(N)c1nc(CSc2ccc(F)cc2)no1. The fourth-order valence-electron chi connectivity index (χ4n) is 1.19. The number of rotatable bonds is 4. The molecule has 0 amide bonds. The Balaban J connectivity index is 1.95. The number of nitrogens with zero attached hydrogens (tertiary/aromatic N) is 2. The van der Waals surface area contributed by atoms with Crippen molar-refractivity contribution < 1.29 is 8.91 Å². The largest absolute Gasteiger partial charge is 0.338 e. The molecule has 4 nitrogen and oxygen atoms in total. The molecule has 2 rings (SSSR count). The number of nitrogens with two attached hydrogens (primary N) is 1. The summed E-state index contributed by atoms with van der Waals surface area (Å²) in [4.78, 5) is 5.10. The second-order valence-corrected chi connectivity index (χ2v) is 4.63. The first-order valence-corrected chi connectivity index (χ1v) is 6.10. The minimum Gasteiger partial charge on any atom is -0.338 e. The Morgan fingerprint density at radius 1 is 1.41 bits per heavy atom. The Morgan fingerprint density at radius 3 is 2.71 bits per heavy atom. The first-order valence-electron chi connectivity index (χ1n) is 5.11. The standard InChI is InChI=1S/C11H12FN3OS/c1-7(13)11-14-10(15-16-11)6-17-9-4-2-8(12)3-5-9/h2-5,7H,6,13H2,1H3. The van der Waals surface area contributed by atoms with Crippen LogP contribution in [-0.2, 0) is 5.75 Å². The van der Waals surface area contributed by atoms with Crippen LogP contribution in [0.15, 0.2) is 33.7 Å². The lowest BCUT2D eigenvalue weighted by atomic mass is 10.4. The summed E-state index contributed by atoms with van der Waals surface area (Å²) in [6, 6.07) is 6.02. The second kappa shape index (κ2) is 5.29. The van der Waals surface area contributed by atoms with E-state index in [1.165, 1.54) is 23.9 Å². The van der Waals surface area contributed by atoms with Gasteiger partial charge in [-0.3, -0.25) is 0 Å². The van der Waals surface area contributed by atoms with Gasteiger partial charge in [-0.2, -0.15) is 4.98 Å². The van der Waals surface area contributed by atoms with Gasteiger partial charge in [0.2, 0.25) is 5.89 Å². The smallest absolute Gasteiger partial charge is 0.243 e. The molecule has 0 aliphatic rings. The Labute approximate surface area is 102 Å². The van der Waals surface area contributed by atoms with Crippen LogP contribution >= 0.6 is 11.8 Å². The summed E-state index contributed by atoms with van der Waals surface area (Å²) in [5.41, 5.74) is 5.61. The summed E-state index contributed by atoms with van der Waals surface area (Å²) in [5, 5.41) is 3.81. The third-order valence-electron chi connectivity index (χ3n) is 2.05. The van der Waals surface area contributed by atoms with E-state index in [4.69, 9.17) is 10.3 Å². The maximum atomic E-state index is 12.7. The molecule has 0 spiro atoms. The molecule has 6 heteroatoms. The van der Waals surface area contributed by atoms with Crippen molar-refractivity contribution in [3.63, 3.8) is 0 Å². The molecule has 1 heterocycles. The zero-order valence-corrected chi connectivity index (χ0v) is 10.1. The molecular formula is C11H12FN3OS. The highest BCUT2D eigenvalue weighted by molar-refractivity contribution is 7.98. The van der Waals surface area contributed by atoms with Crippen LogP contribution < -0.4 is 5.73 Å². The number of halogens is 1. The van der Waals surface area contributed by atoms with E-state index in [2.05, 4.69) is 10.1 Å². The normalized spacial score (nSPS) is 12.6. The molecule has 1 aromatic heterocycles. The van der Waals surface area contributed by atoms with E-state index in [1.807, 2.05) is 0 Å². The highest BCUT2D eigenvalue weighted by Gasteiger charge is 2.10. The van der Waals surface area contributed by atoms with Crippen molar-refractivity contribution in [2.75, 3.05) is 0 Å². The van der Waals surface area contributed by atoms with Gasteiger partial charge in [-0.05, 0) is 31.2 Å². The second-order valence-electron chi connectivity index (χ2n) is 3.58. The number of hydrogen-bond acceptors (Lipinski definition) is 5. The molecular weight excluding hydrogens is 241 g/mol. The van der Waals surface area contributed by atoms with Crippen LogP contribution in [0.1, 0.15) is 24.7 Å². The summed E-state index contributed by atoms with van der Waals surface area (Å²) in [5.74, 6) is 1.35. The molecule has 90 valence electrons. The van der Waals surface area contributed by atoms with Crippen molar-refractivity contribution in [2.45, 2.75) is 23.6 Å². The van der Waals surface area contributed by atoms with Gasteiger partial charge in [0.25, 0.3) is 0 Å². The van der Waals surface area contributed by atoms with Gasteiger partial charge in [0.15, 0.2) is 5.82 Å². The highest BCUT2D eigenvalue weighted by atomic mass is 32.2. The molecule has 1 unspecified atom stereocenters. The first-order chi connectivity index (χ1) is 8.15. The fourth-order valence-corrected chi connectivity index (χ4v) is 1.93. The molecule has 2 aromatic rings. The molecule has 0 aliphatic carbocycles. The van der Waals surface area contributed by atoms with Crippen LogP contribution in [0, 0.1) is 5.82 Å². The predicted octanol–water partition coefficient (Wildman–Crippen LogP) is 2.52. The van der Waals surface area contributed by atoms with Crippen molar-refractivity contribution in [3.8, 4) is 0 Å². The molecule has 0 aliphatic heterocycles. The molecule has 2 N–H and O–H groups in total. The summed E-state index contributed by atoms with van der Waals surface area (Å²) >= 11 is 1.51. The van der Waals surface area contributed by atoms with Gasteiger partial charge in [-0.25, -0.2) is 4.39 Å². The van der Waals surface area contributed by atoms with Crippen molar-refractivity contribution in [2.24, 2.45) is 5.73 Å². The average molecular weight is 253 g/mol. The van der Waals surface area contributed by atoms with Crippen molar-refractivity contribution >= 4 is 11.8 Å². The Bertz CT molecular complexity index is 484. The summed E-state index contributed by atoms with van der Waals surface area (Å²) in [6.07, 6.45) is 0. The minimum atomic E-state index is -0.257. The molecule has 0 radical (unpaired) electrons. The lowest BCUT2D eigenvalue weighted by Crippen LogP contribution is -2.05. The third-order valence-corrected chi connectivity index (χ3v) is 3.06. The highest BCUT2D eigenvalue weighted by Crippen LogP contribution is 2.22. The molecule has 1 atom stereocenters. The Kier molecular flexibility index (Phi) is 3.75. The molecule has 0 fully saturated rings. The number of hydrogen-bond donors (Lipinski definition) is 1. The lowest BCUT2D eigenvalue weighted by Gasteiger charge is -1.97. The number of thioether (sulfide) groups is 1. The zero-order valence-electron chi connectivity index (χ0n) is 9.26. The summed E-state index contributed by atoms with van der Waals surface area (Å²) in [7, 11) is 0. The van der Waals surface area contributed by atoms with Crippen molar-refractivity contribution in [1.82, 2.24) is 10.1 Å². The Hall–Kier alpha value is -1.40. The van der Waals surface area contributed by atoms with Crippen LogP contribution in [0.4, 0.5) is 4.39 Å². The maximum Gasteiger partial charge on any atom is 0.243 e. The van der Waals surface area contributed by atoms with Crippen LogP contribution in [0.2, 0.25) is 0 Å².